The lowest BCUT2D eigenvalue weighted by atomic mass is 9.83. The van der Waals surface area contributed by atoms with Gasteiger partial charge < -0.3 is 0 Å². The van der Waals surface area contributed by atoms with Gasteiger partial charge in [-0.2, -0.15) is 0 Å². The van der Waals surface area contributed by atoms with Crippen molar-refractivity contribution in [1.82, 2.24) is 4.98 Å². The molecule has 112 valence electrons. The lowest BCUT2D eigenvalue weighted by Gasteiger charge is -2.23. The number of nitrogens with zero attached hydrogens (tertiary/aromatic N) is 1. The van der Waals surface area contributed by atoms with Crippen LogP contribution >= 0.6 is 0 Å². The Bertz CT molecular complexity index is 824. The highest BCUT2D eigenvalue weighted by atomic mass is 14.7. The van der Waals surface area contributed by atoms with Crippen molar-refractivity contribution in [2.24, 2.45) is 0 Å². The number of rotatable bonds is 1. The molecule has 0 aliphatic rings. The molecule has 0 bridgehead atoms. The van der Waals surface area contributed by atoms with Gasteiger partial charge in [-0.25, -0.2) is 4.98 Å². The molecule has 0 aliphatic carbocycles. The Hall–Kier alpha value is -2.15. The SMILES string of the molecule is Cc1cc(-c2ccccc2)nc2c(C)c(C(C)(C)C)ccc12. The minimum absolute atomic E-state index is 0.136. The van der Waals surface area contributed by atoms with Gasteiger partial charge in [0, 0.05) is 10.9 Å². The fraction of sp³-hybridized carbons (Fsp3) is 0.286. The Morgan fingerprint density at radius 3 is 2.18 bits per heavy atom. The number of fused-ring (bicyclic) bond motifs is 1. The van der Waals surface area contributed by atoms with E-state index in [2.05, 4.69) is 77.1 Å². The second kappa shape index (κ2) is 5.24. The van der Waals surface area contributed by atoms with Gasteiger partial charge in [0.2, 0.25) is 0 Å². The topological polar surface area (TPSA) is 12.9 Å². The van der Waals surface area contributed by atoms with Gasteiger partial charge >= 0.3 is 0 Å². The largest absolute Gasteiger partial charge is 0.247 e. The molecule has 2 aromatic carbocycles. The van der Waals surface area contributed by atoms with E-state index in [4.69, 9.17) is 4.98 Å². The van der Waals surface area contributed by atoms with Gasteiger partial charge in [0.25, 0.3) is 0 Å². The van der Waals surface area contributed by atoms with Crippen molar-refractivity contribution in [3.8, 4) is 11.3 Å². The maximum absolute atomic E-state index is 4.98. The predicted molar refractivity (Wildman–Crippen MR) is 95.4 cm³/mol. The Balaban J connectivity index is 2.30. The van der Waals surface area contributed by atoms with E-state index in [0.29, 0.717) is 0 Å². The van der Waals surface area contributed by atoms with Gasteiger partial charge in [-0.15, -0.1) is 0 Å². The fourth-order valence-electron chi connectivity index (χ4n) is 3.17. The normalized spacial score (nSPS) is 11.9. The van der Waals surface area contributed by atoms with E-state index in [-0.39, 0.29) is 5.41 Å². The number of pyridine rings is 1. The van der Waals surface area contributed by atoms with E-state index < -0.39 is 0 Å². The van der Waals surface area contributed by atoms with Gasteiger partial charge in [0.15, 0.2) is 0 Å². The molecule has 0 N–H and O–H groups in total. The summed E-state index contributed by atoms with van der Waals surface area (Å²) < 4.78 is 0. The minimum Gasteiger partial charge on any atom is -0.247 e. The third kappa shape index (κ3) is 2.52. The predicted octanol–water partition coefficient (Wildman–Crippen LogP) is 5.82. The van der Waals surface area contributed by atoms with Crippen molar-refractivity contribution >= 4 is 10.9 Å². The maximum atomic E-state index is 4.98. The van der Waals surface area contributed by atoms with Gasteiger partial charge in [-0.1, -0.05) is 63.2 Å². The summed E-state index contributed by atoms with van der Waals surface area (Å²) in [4.78, 5) is 4.98. The van der Waals surface area contributed by atoms with Crippen LogP contribution in [0.4, 0.5) is 0 Å². The van der Waals surface area contributed by atoms with Gasteiger partial charge in [-0.05, 0) is 42.0 Å². The second-order valence-electron chi connectivity index (χ2n) is 7.07. The Kier molecular flexibility index (Phi) is 3.52. The summed E-state index contributed by atoms with van der Waals surface area (Å²) in [5.74, 6) is 0. The zero-order valence-corrected chi connectivity index (χ0v) is 14.1. The molecule has 0 aliphatic heterocycles. The van der Waals surface area contributed by atoms with Crippen molar-refractivity contribution in [2.45, 2.75) is 40.0 Å². The maximum Gasteiger partial charge on any atom is 0.0744 e. The quantitative estimate of drug-likeness (QED) is 0.550. The summed E-state index contributed by atoms with van der Waals surface area (Å²) >= 11 is 0. The van der Waals surface area contributed by atoms with Crippen LogP contribution in [0.3, 0.4) is 0 Å². The molecular weight excluding hydrogens is 266 g/mol. The van der Waals surface area contributed by atoms with Crippen LogP contribution < -0.4 is 0 Å². The molecule has 3 aromatic rings. The second-order valence-corrected chi connectivity index (χ2v) is 7.07. The molecule has 0 amide bonds. The van der Waals surface area contributed by atoms with Gasteiger partial charge in [-0.3, -0.25) is 0 Å². The average Bonchev–Trinajstić information content (AvgIpc) is 2.47. The van der Waals surface area contributed by atoms with Crippen molar-refractivity contribution in [1.29, 1.82) is 0 Å². The number of benzene rings is 2. The first kappa shape index (κ1) is 14.8. The molecule has 1 heteroatoms. The molecule has 0 radical (unpaired) electrons. The zero-order chi connectivity index (χ0) is 15.9. The van der Waals surface area contributed by atoms with E-state index in [1.165, 1.54) is 27.6 Å². The van der Waals surface area contributed by atoms with E-state index in [1.807, 2.05) is 6.07 Å². The molecule has 1 nitrogen and oxygen atoms in total. The van der Waals surface area contributed by atoms with Crippen molar-refractivity contribution in [2.75, 3.05) is 0 Å². The third-order valence-corrected chi connectivity index (χ3v) is 4.32. The van der Waals surface area contributed by atoms with Gasteiger partial charge in [0.1, 0.15) is 0 Å². The summed E-state index contributed by atoms with van der Waals surface area (Å²) in [6.07, 6.45) is 0. The first-order chi connectivity index (χ1) is 10.4. The number of hydrogen-bond acceptors (Lipinski definition) is 1. The molecule has 3 rings (SSSR count). The first-order valence-corrected chi connectivity index (χ1v) is 7.85. The molecule has 0 saturated heterocycles. The first-order valence-electron chi connectivity index (χ1n) is 7.85. The van der Waals surface area contributed by atoms with Crippen molar-refractivity contribution < 1.29 is 0 Å². The van der Waals surface area contributed by atoms with Crippen LogP contribution in [0.15, 0.2) is 48.5 Å². The van der Waals surface area contributed by atoms with E-state index in [9.17, 15) is 0 Å². The van der Waals surface area contributed by atoms with Crippen LogP contribution in [-0.4, -0.2) is 4.98 Å². The highest BCUT2D eigenvalue weighted by Gasteiger charge is 2.19. The fourth-order valence-corrected chi connectivity index (χ4v) is 3.17. The molecule has 1 aromatic heterocycles. The highest BCUT2D eigenvalue weighted by Crippen LogP contribution is 2.32. The molecule has 0 spiro atoms. The van der Waals surface area contributed by atoms with E-state index in [0.717, 1.165) is 11.2 Å². The van der Waals surface area contributed by atoms with Gasteiger partial charge in [0.05, 0.1) is 11.2 Å². The highest BCUT2D eigenvalue weighted by molar-refractivity contribution is 5.88. The number of hydrogen-bond donors (Lipinski definition) is 0. The Morgan fingerprint density at radius 1 is 0.864 bits per heavy atom. The number of aryl methyl sites for hydroxylation is 2. The Labute approximate surface area is 133 Å². The van der Waals surface area contributed by atoms with Crippen molar-refractivity contribution in [3.05, 3.63) is 65.2 Å². The molecule has 1 heterocycles. The van der Waals surface area contributed by atoms with Crippen LogP contribution in [-0.2, 0) is 5.41 Å². The standard InChI is InChI=1S/C21H23N/c1-14-13-19(16-9-7-6-8-10-16)22-20-15(2)18(21(3,4)5)12-11-17(14)20/h6-13H,1-5H3. The third-order valence-electron chi connectivity index (χ3n) is 4.32. The minimum atomic E-state index is 0.136. The molecule has 0 fully saturated rings. The lowest BCUT2D eigenvalue weighted by Crippen LogP contribution is -2.13. The number of aromatic nitrogens is 1. The zero-order valence-electron chi connectivity index (χ0n) is 14.1. The summed E-state index contributed by atoms with van der Waals surface area (Å²) in [5.41, 5.74) is 7.45. The summed E-state index contributed by atoms with van der Waals surface area (Å²) in [5, 5.41) is 1.25. The van der Waals surface area contributed by atoms with Crippen LogP contribution in [0.1, 0.15) is 37.5 Å². The summed E-state index contributed by atoms with van der Waals surface area (Å²) in [6.45, 7) is 11.1. The lowest BCUT2D eigenvalue weighted by molar-refractivity contribution is 0.587. The average molecular weight is 289 g/mol. The molecule has 0 atom stereocenters. The van der Waals surface area contributed by atoms with E-state index >= 15 is 0 Å². The molecule has 0 saturated carbocycles. The van der Waals surface area contributed by atoms with Crippen LogP contribution in [0, 0.1) is 13.8 Å². The molecule has 22 heavy (non-hydrogen) atoms. The Morgan fingerprint density at radius 2 is 1.55 bits per heavy atom. The van der Waals surface area contributed by atoms with Crippen LogP contribution in [0.2, 0.25) is 0 Å². The van der Waals surface area contributed by atoms with Crippen molar-refractivity contribution in [3.63, 3.8) is 0 Å². The smallest absolute Gasteiger partial charge is 0.0744 e. The molecular formula is C21H23N. The molecule has 0 unspecified atom stereocenters. The van der Waals surface area contributed by atoms with Crippen LogP contribution in [0.5, 0.6) is 0 Å². The monoisotopic (exact) mass is 289 g/mol. The van der Waals surface area contributed by atoms with E-state index in [1.54, 1.807) is 0 Å². The summed E-state index contributed by atoms with van der Waals surface area (Å²) in [6, 6.07) is 17.1. The summed E-state index contributed by atoms with van der Waals surface area (Å²) in [7, 11) is 0. The van der Waals surface area contributed by atoms with Crippen LogP contribution in [0.25, 0.3) is 22.2 Å².